The molecule has 0 saturated carbocycles. The van der Waals surface area contributed by atoms with Crippen LogP contribution in [0.15, 0.2) is 30.3 Å². The maximum Gasteiger partial charge on any atom is 0.319 e. The van der Waals surface area contributed by atoms with Crippen molar-refractivity contribution in [1.29, 1.82) is 0 Å². The number of hydrogen-bond acceptors (Lipinski definition) is 5. The largest absolute Gasteiger partial charge is 0.333 e. The Hall–Kier alpha value is -1.99. The molecule has 3 aromatic rings. The first kappa shape index (κ1) is 13.0. The Bertz CT molecular complexity index is 750. The molecule has 0 atom stereocenters. The molecule has 0 aliphatic carbocycles. The van der Waals surface area contributed by atoms with Gasteiger partial charge in [0, 0.05) is 9.75 Å². The fraction of sp³-hybridized carbons (Fsp3) is 0.154. The van der Waals surface area contributed by atoms with E-state index in [-0.39, 0.29) is 6.03 Å². The number of aromatic nitrogens is 2. The Kier molecular flexibility index (Phi) is 3.62. The molecule has 0 fully saturated rings. The van der Waals surface area contributed by atoms with Crippen molar-refractivity contribution >= 4 is 45.8 Å². The molecule has 2 amide bonds. The molecule has 0 aliphatic heterocycles. The molecule has 2 N–H and O–H groups in total. The summed E-state index contributed by atoms with van der Waals surface area (Å²) in [7, 11) is 0. The molecule has 2 aromatic heterocycles. The standard InChI is InChI=1S/C13H12N4OS2/c1-8-5-6-9(19-8)7-14-13(18)15-10-3-2-4-11-12(10)17-20-16-11/h2-6H,7H2,1H3,(H2,14,15,18). The van der Waals surface area contributed by atoms with E-state index >= 15 is 0 Å². The molecule has 0 aliphatic rings. The second-order valence-electron chi connectivity index (χ2n) is 4.26. The fourth-order valence-corrected chi connectivity index (χ4v) is 3.20. The number of amides is 2. The fourth-order valence-electron chi connectivity index (χ4n) is 1.82. The smallest absolute Gasteiger partial charge is 0.319 e. The van der Waals surface area contributed by atoms with E-state index in [1.54, 1.807) is 11.3 Å². The number of nitrogens with one attached hydrogen (secondary N) is 2. The first-order chi connectivity index (χ1) is 9.72. The summed E-state index contributed by atoms with van der Waals surface area (Å²) in [5.41, 5.74) is 2.19. The van der Waals surface area contributed by atoms with Crippen LogP contribution in [0.2, 0.25) is 0 Å². The summed E-state index contributed by atoms with van der Waals surface area (Å²) in [6.45, 7) is 2.57. The number of rotatable bonds is 3. The molecule has 20 heavy (non-hydrogen) atoms. The van der Waals surface area contributed by atoms with Crippen LogP contribution >= 0.6 is 23.1 Å². The van der Waals surface area contributed by atoms with Crippen LogP contribution in [-0.4, -0.2) is 14.8 Å². The van der Waals surface area contributed by atoms with Crippen molar-refractivity contribution in [2.75, 3.05) is 5.32 Å². The summed E-state index contributed by atoms with van der Waals surface area (Å²) in [5, 5.41) is 5.64. The Balaban J connectivity index is 1.65. The number of thiophene rings is 1. The van der Waals surface area contributed by atoms with Gasteiger partial charge in [0.1, 0.15) is 11.0 Å². The Morgan fingerprint density at radius 1 is 1.25 bits per heavy atom. The summed E-state index contributed by atoms with van der Waals surface area (Å²) in [6, 6.07) is 9.36. The van der Waals surface area contributed by atoms with Gasteiger partial charge in [-0.05, 0) is 31.2 Å². The van der Waals surface area contributed by atoms with E-state index in [0.717, 1.165) is 27.6 Å². The number of hydrogen-bond donors (Lipinski definition) is 2. The molecule has 2 heterocycles. The van der Waals surface area contributed by atoms with Gasteiger partial charge in [-0.3, -0.25) is 0 Å². The van der Waals surface area contributed by atoms with Gasteiger partial charge in [-0.2, -0.15) is 8.75 Å². The van der Waals surface area contributed by atoms with Crippen molar-refractivity contribution in [3.8, 4) is 0 Å². The van der Waals surface area contributed by atoms with Crippen LogP contribution in [0.1, 0.15) is 9.75 Å². The van der Waals surface area contributed by atoms with Gasteiger partial charge in [-0.15, -0.1) is 11.3 Å². The van der Waals surface area contributed by atoms with Gasteiger partial charge in [0.15, 0.2) is 0 Å². The van der Waals surface area contributed by atoms with E-state index in [4.69, 9.17) is 0 Å². The number of aryl methyl sites for hydroxylation is 1. The summed E-state index contributed by atoms with van der Waals surface area (Å²) >= 11 is 2.81. The first-order valence-corrected chi connectivity index (χ1v) is 7.58. The molecule has 0 unspecified atom stereocenters. The first-order valence-electron chi connectivity index (χ1n) is 6.04. The van der Waals surface area contributed by atoms with Crippen molar-refractivity contribution in [2.24, 2.45) is 0 Å². The summed E-state index contributed by atoms with van der Waals surface area (Å²) < 4.78 is 8.33. The van der Waals surface area contributed by atoms with Gasteiger partial charge < -0.3 is 10.6 Å². The number of carbonyl (C=O) groups excluding carboxylic acids is 1. The van der Waals surface area contributed by atoms with E-state index < -0.39 is 0 Å². The second kappa shape index (κ2) is 5.56. The lowest BCUT2D eigenvalue weighted by atomic mass is 10.2. The quantitative estimate of drug-likeness (QED) is 0.779. The average Bonchev–Trinajstić information content (AvgIpc) is 3.05. The highest BCUT2D eigenvalue weighted by Gasteiger charge is 2.08. The maximum atomic E-state index is 11.9. The number of urea groups is 1. The zero-order valence-corrected chi connectivity index (χ0v) is 12.3. The minimum Gasteiger partial charge on any atom is -0.333 e. The maximum absolute atomic E-state index is 11.9. The topological polar surface area (TPSA) is 66.9 Å². The number of anilines is 1. The molecular weight excluding hydrogens is 292 g/mol. The van der Waals surface area contributed by atoms with Crippen molar-refractivity contribution in [1.82, 2.24) is 14.1 Å². The Morgan fingerprint density at radius 2 is 2.15 bits per heavy atom. The Labute approximate surface area is 124 Å². The molecule has 0 saturated heterocycles. The van der Waals surface area contributed by atoms with Crippen LogP contribution in [0, 0.1) is 6.92 Å². The van der Waals surface area contributed by atoms with Gasteiger partial charge in [0.2, 0.25) is 0 Å². The Morgan fingerprint density at radius 3 is 2.95 bits per heavy atom. The normalized spacial score (nSPS) is 10.7. The highest BCUT2D eigenvalue weighted by Crippen LogP contribution is 2.21. The van der Waals surface area contributed by atoms with Gasteiger partial charge in [-0.1, -0.05) is 6.07 Å². The molecule has 0 spiro atoms. The van der Waals surface area contributed by atoms with Crippen LogP contribution in [0.5, 0.6) is 0 Å². The van der Waals surface area contributed by atoms with Crippen LogP contribution in [-0.2, 0) is 6.54 Å². The van der Waals surface area contributed by atoms with Gasteiger partial charge in [0.25, 0.3) is 0 Å². The minimum absolute atomic E-state index is 0.239. The van der Waals surface area contributed by atoms with Crippen LogP contribution in [0.25, 0.3) is 11.0 Å². The third-order valence-electron chi connectivity index (χ3n) is 2.75. The predicted molar refractivity (Wildman–Crippen MR) is 82.3 cm³/mol. The third kappa shape index (κ3) is 2.78. The number of nitrogens with zero attached hydrogens (tertiary/aromatic N) is 2. The molecular formula is C13H12N4OS2. The van der Waals surface area contributed by atoms with Crippen molar-refractivity contribution in [3.63, 3.8) is 0 Å². The van der Waals surface area contributed by atoms with Gasteiger partial charge >= 0.3 is 6.03 Å². The lowest BCUT2D eigenvalue weighted by Crippen LogP contribution is -2.27. The highest BCUT2D eigenvalue weighted by molar-refractivity contribution is 7.11. The number of carbonyl (C=O) groups is 1. The summed E-state index contributed by atoms with van der Waals surface area (Å²) in [6.07, 6.45) is 0. The number of benzene rings is 1. The monoisotopic (exact) mass is 304 g/mol. The molecule has 1 aromatic carbocycles. The zero-order valence-electron chi connectivity index (χ0n) is 10.7. The van der Waals surface area contributed by atoms with E-state index in [0.29, 0.717) is 12.2 Å². The van der Waals surface area contributed by atoms with Gasteiger partial charge in [0.05, 0.1) is 24.0 Å². The van der Waals surface area contributed by atoms with E-state index in [2.05, 4.69) is 19.4 Å². The zero-order chi connectivity index (χ0) is 13.9. The summed E-state index contributed by atoms with van der Waals surface area (Å²) in [4.78, 5) is 14.3. The molecule has 5 nitrogen and oxygen atoms in total. The van der Waals surface area contributed by atoms with E-state index in [9.17, 15) is 4.79 Å². The average molecular weight is 304 g/mol. The van der Waals surface area contributed by atoms with Crippen molar-refractivity contribution < 1.29 is 4.79 Å². The molecule has 0 radical (unpaired) electrons. The highest BCUT2D eigenvalue weighted by atomic mass is 32.1. The van der Waals surface area contributed by atoms with Gasteiger partial charge in [-0.25, -0.2) is 4.79 Å². The SMILES string of the molecule is Cc1ccc(CNC(=O)Nc2cccc3nsnc23)s1. The minimum atomic E-state index is -0.239. The van der Waals surface area contributed by atoms with E-state index in [1.165, 1.54) is 4.88 Å². The van der Waals surface area contributed by atoms with Crippen molar-refractivity contribution in [3.05, 3.63) is 40.1 Å². The molecule has 0 bridgehead atoms. The van der Waals surface area contributed by atoms with Crippen LogP contribution in [0.3, 0.4) is 0 Å². The van der Waals surface area contributed by atoms with Crippen LogP contribution in [0.4, 0.5) is 10.5 Å². The predicted octanol–water partition coefficient (Wildman–Crippen LogP) is 3.38. The van der Waals surface area contributed by atoms with Crippen LogP contribution < -0.4 is 10.6 Å². The molecule has 7 heteroatoms. The lowest BCUT2D eigenvalue weighted by molar-refractivity contribution is 0.252. The summed E-state index contributed by atoms with van der Waals surface area (Å²) in [5.74, 6) is 0. The number of fused-ring (bicyclic) bond motifs is 1. The van der Waals surface area contributed by atoms with Crippen molar-refractivity contribution in [2.45, 2.75) is 13.5 Å². The second-order valence-corrected chi connectivity index (χ2v) is 6.16. The molecule has 3 rings (SSSR count). The van der Waals surface area contributed by atoms with E-state index in [1.807, 2.05) is 37.3 Å². The molecule has 102 valence electrons. The third-order valence-corrected chi connectivity index (χ3v) is 4.30. The lowest BCUT2D eigenvalue weighted by Gasteiger charge is -2.06.